The zero-order chi connectivity index (χ0) is 16.8. The zero-order valence-corrected chi connectivity index (χ0v) is 12.7. The Balaban J connectivity index is 1.93. The van der Waals surface area contributed by atoms with Gasteiger partial charge in [-0.1, -0.05) is 18.2 Å². The third kappa shape index (κ3) is 4.19. The molecular weight excluding hydrogens is 296 g/mol. The molecule has 3 N–H and O–H groups in total. The van der Waals surface area contributed by atoms with Crippen molar-refractivity contribution in [2.24, 2.45) is 0 Å². The van der Waals surface area contributed by atoms with Crippen LogP contribution in [0.4, 0.5) is 17.1 Å². The van der Waals surface area contributed by atoms with Gasteiger partial charge in [0, 0.05) is 37.5 Å². The van der Waals surface area contributed by atoms with E-state index in [1.165, 1.54) is 18.2 Å². The molecule has 2 aromatic carbocycles. The number of hydrogen-bond donors (Lipinski definition) is 2. The maximum absolute atomic E-state index is 12.1. The monoisotopic (exact) mass is 314 g/mol. The standard InChI is InChI=1S/C16H18N4O3/c1-19(13-5-3-2-4-6-13)10-9-18-16(21)12-7-8-14(17)15(11-12)20(22)23/h2-8,11H,9-10,17H2,1H3,(H,18,21). The van der Waals surface area contributed by atoms with E-state index >= 15 is 0 Å². The van der Waals surface area contributed by atoms with E-state index < -0.39 is 4.92 Å². The van der Waals surface area contributed by atoms with Crippen molar-refractivity contribution in [3.8, 4) is 0 Å². The summed E-state index contributed by atoms with van der Waals surface area (Å²) in [5, 5.41) is 13.6. The summed E-state index contributed by atoms with van der Waals surface area (Å²) in [4.78, 5) is 24.3. The van der Waals surface area contributed by atoms with E-state index in [1.54, 1.807) is 0 Å². The van der Waals surface area contributed by atoms with E-state index in [9.17, 15) is 14.9 Å². The van der Waals surface area contributed by atoms with Gasteiger partial charge in [-0.25, -0.2) is 0 Å². The van der Waals surface area contributed by atoms with Gasteiger partial charge in [0.1, 0.15) is 5.69 Å². The van der Waals surface area contributed by atoms with Crippen LogP contribution in [-0.4, -0.2) is 31.0 Å². The highest BCUT2D eigenvalue weighted by molar-refractivity contribution is 5.95. The van der Waals surface area contributed by atoms with Crippen molar-refractivity contribution in [1.29, 1.82) is 0 Å². The van der Waals surface area contributed by atoms with Crippen molar-refractivity contribution < 1.29 is 9.72 Å². The maximum Gasteiger partial charge on any atom is 0.292 e. The Hall–Kier alpha value is -3.09. The fourth-order valence-electron chi connectivity index (χ4n) is 2.09. The number of rotatable bonds is 6. The van der Waals surface area contributed by atoms with Crippen LogP contribution >= 0.6 is 0 Å². The fourth-order valence-corrected chi connectivity index (χ4v) is 2.09. The zero-order valence-electron chi connectivity index (χ0n) is 12.7. The normalized spacial score (nSPS) is 10.1. The molecule has 0 heterocycles. The number of benzene rings is 2. The fraction of sp³-hybridized carbons (Fsp3) is 0.188. The lowest BCUT2D eigenvalue weighted by Crippen LogP contribution is -2.33. The molecule has 1 amide bonds. The molecule has 7 heteroatoms. The summed E-state index contributed by atoms with van der Waals surface area (Å²) in [6.07, 6.45) is 0. The highest BCUT2D eigenvalue weighted by Gasteiger charge is 2.15. The van der Waals surface area contributed by atoms with E-state index in [0.717, 1.165) is 5.69 Å². The lowest BCUT2D eigenvalue weighted by Gasteiger charge is -2.19. The summed E-state index contributed by atoms with van der Waals surface area (Å²) >= 11 is 0. The summed E-state index contributed by atoms with van der Waals surface area (Å²) in [6.45, 7) is 1.04. The van der Waals surface area contributed by atoms with Gasteiger partial charge in [0.2, 0.25) is 0 Å². The summed E-state index contributed by atoms with van der Waals surface area (Å²) in [6, 6.07) is 13.8. The van der Waals surface area contributed by atoms with Crippen LogP contribution < -0.4 is 16.0 Å². The molecule has 0 unspecified atom stereocenters. The Labute approximate surface area is 133 Å². The molecule has 120 valence electrons. The first-order chi connectivity index (χ1) is 11.0. The Morgan fingerprint density at radius 3 is 2.61 bits per heavy atom. The minimum atomic E-state index is -0.602. The third-order valence-electron chi connectivity index (χ3n) is 3.42. The highest BCUT2D eigenvalue weighted by atomic mass is 16.6. The number of nitrogens with zero attached hydrogens (tertiary/aromatic N) is 2. The number of likely N-dealkylation sites (N-methyl/N-ethyl adjacent to an activating group) is 1. The number of carbonyl (C=O) groups is 1. The maximum atomic E-state index is 12.1. The third-order valence-corrected chi connectivity index (χ3v) is 3.42. The van der Waals surface area contributed by atoms with Crippen LogP contribution in [0, 0.1) is 10.1 Å². The quantitative estimate of drug-likeness (QED) is 0.482. The summed E-state index contributed by atoms with van der Waals surface area (Å²) in [7, 11) is 1.93. The molecule has 0 saturated carbocycles. The van der Waals surface area contributed by atoms with E-state index in [4.69, 9.17) is 5.73 Å². The molecular formula is C16H18N4O3. The van der Waals surface area contributed by atoms with E-state index in [1.807, 2.05) is 42.3 Å². The lowest BCUT2D eigenvalue weighted by molar-refractivity contribution is -0.383. The summed E-state index contributed by atoms with van der Waals surface area (Å²) < 4.78 is 0. The number of para-hydroxylation sites is 1. The Kier molecular flexibility index (Phi) is 5.14. The molecule has 23 heavy (non-hydrogen) atoms. The highest BCUT2D eigenvalue weighted by Crippen LogP contribution is 2.22. The minimum absolute atomic E-state index is 0.0374. The second-order valence-corrected chi connectivity index (χ2v) is 5.04. The largest absolute Gasteiger partial charge is 0.393 e. The number of nitrogen functional groups attached to an aromatic ring is 1. The molecule has 0 aliphatic carbocycles. The number of carbonyl (C=O) groups excluding carboxylic acids is 1. The molecule has 0 aliphatic heterocycles. The first-order valence-electron chi connectivity index (χ1n) is 7.07. The van der Waals surface area contributed by atoms with Crippen molar-refractivity contribution in [2.45, 2.75) is 0 Å². The predicted molar refractivity (Wildman–Crippen MR) is 89.6 cm³/mol. The van der Waals surface area contributed by atoms with E-state index in [-0.39, 0.29) is 22.8 Å². The average Bonchev–Trinajstić information content (AvgIpc) is 2.55. The average molecular weight is 314 g/mol. The molecule has 2 aromatic rings. The number of nitrogens with two attached hydrogens (primary N) is 1. The summed E-state index contributed by atoms with van der Waals surface area (Å²) in [5.41, 5.74) is 6.55. The first-order valence-corrected chi connectivity index (χ1v) is 7.07. The second kappa shape index (κ2) is 7.26. The van der Waals surface area contributed by atoms with Gasteiger partial charge >= 0.3 is 0 Å². The van der Waals surface area contributed by atoms with E-state index in [2.05, 4.69) is 5.32 Å². The van der Waals surface area contributed by atoms with Crippen molar-refractivity contribution in [3.05, 3.63) is 64.2 Å². The van der Waals surface area contributed by atoms with Crippen LogP contribution in [0.25, 0.3) is 0 Å². The van der Waals surface area contributed by atoms with Crippen molar-refractivity contribution in [1.82, 2.24) is 5.32 Å². The first kappa shape index (κ1) is 16.3. The topological polar surface area (TPSA) is 102 Å². The van der Waals surface area contributed by atoms with Gasteiger partial charge in [0.05, 0.1) is 4.92 Å². The summed E-state index contributed by atoms with van der Waals surface area (Å²) in [5.74, 6) is -0.366. The van der Waals surface area contributed by atoms with E-state index in [0.29, 0.717) is 13.1 Å². The molecule has 0 atom stereocenters. The van der Waals surface area contributed by atoms with Gasteiger partial charge in [-0.05, 0) is 24.3 Å². The van der Waals surface area contributed by atoms with Crippen LogP contribution in [0.2, 0.25) is 0 Å². The molecule has 0 aromatic heterocycles. The smallest absolute Gasteiger partial charge is 0.292 e. The molecule has 0 spiro atoms. The molecule has 0 radical (unpaired) electrons. The van der Waals surface area contributed by atoms with Crippen LogP contribution in [0.15, 0.2) is 48.5 Å². The number of hydrogen-bond acceptors (Lipinski definition) is 5. The molecule has 0 saturated heterocycles. The molecule has 0 fully saturated rings. The van der Waals surface area contributed by atoms with Gasteiger partial charge in [0.25, 0.3) is 11.6 Å². The number of anilines is 2. The van der Waals surface area contributed by atoms with Gasteiger partial charge < -0.3 is 16.0 Å². The van der Waals surface area contributed by atoms with Gasteiger partial charge in [0.15, 0.2) is 0 Å². The molecule has 0 bridgehead atoms. The molecule has 2 rings (SSSR count). The van der Waals surface area contributed by atoms with Crippen LogP contribution in [0.1, 0.15) is 10.4 Å². The van der Waals surface area contributed by atoms with Gasteiger partial charge in [-0.2, -0.15) is 0 Å². The second-order valence-electron chi connectivity index (χ2n) is 5.04. The Morgan fingerprint density at radius 2 is 1.96 bits per heavy atom. The lowest BCUT2D eigenvalue weighted by atomic mass is 10.1. The van der Waals surface area contributed by atoms with Crippen molar-refractivity contribution in [2.75, 3.05) is 30.8 Å². The SMILES string of the molecule is CN(CCNC(=O)c1ccc(N)c([N+](=O)[O-])c1)c1ccccc1. The Morgan fingerprint density at radius 1 is 1.26 bits per heavy atom. The Bertz CT molecular complexity index is 704. The van der Waals surface area contributed by atoms with Crippen LogP contribution in [-0.2, 0) is 0 Å². The molecule has 0 aliphatic rings. The number of nitrogens with one attached hydrogen (secondary N) is 1. The van der Waals surface area contributed by atoms with Crippen molar-refractivity contribution in [3.63, 3.8) is 0 Å². The van der Waals surface area contributed by atoms with Crippen LogP contribution in [0.5, 0.6) is 0 Å². The number of nitro benzene ring substituents is 1. The minimum Gasteiger partial charge on any atom is -0.393 e. The van der Waals surface area contributed by atoms with Gasteiger partial charge in [-0.3, -0.25) is 14.9 Å². The van der Waals surface area contributed by atoms with Crippen LogP contribution in [0.3, 0.4) is 0 Å². The predicted octanol–water partition coefficient (Wildman–Crippen LogP) is 2.04. The van der Waals surface area contributed by atoms with Crippen molar-refractivity contribution >= 4 is 23.0 Å². The molecule has 7 nitrogen and oxygen atoms in total. The number of amides is 1. The number of nitro groups is 1. The van der Waals surface area contributed by atoms with Gasteiger partial charge in [-0.15, -0.1) is 0 Å².